The number of ketones is 1. The topological polar surface area (TPSA) is 69.0 Å². The zero-order valence-corrected chi connectivity index (χ0v) is 19.1. The number of carbonyl (C=O) groups excluding carboxylic acids is 1. The van der Waals surface area contributed by atoms with Gasteiger partial charge in [-0.2, -0.15) is 0 Å². The maximum atomic E-state index is 11.7. The van der Waals surface area contributed by atoms with E-state index in [1.807, 2.05) is 60.9 Å². The molecule has 1 saturated heterocycles. The van der Waals surface area contributed by atoms with E-state index in [9.17, 15) is 4.79 Å². The van der Waals surface area contributed by atoms with Crippen LogP contribution in [0.4, 0.5) is 0 Å². The third-order valence-electron chi connectivity index (χ3n) is 5.53. The molecule has 0 spiro atoms. The zero-order valence-electron chi connectivity index (χ0n) is 19.1. The van der Waals surface area contributed by atoms with Crippen LogP contribution in [0, 0.1) is 0 Å². The Morgan fingerprint density at radius 2 is 2.03 bits per heavy atom. The molecule has 0 N–H and O–H groups in total. The second-order valence-corrected chi connectivity index (χ2v) is 8.62. The fourth-order valence-corrected chi connectivity index (χ4v) is 3.89. The zero-order chi connectivity index (χ0) is 22.7. The minimum absolute atomic E-state index is 0.0277. The van der Waals surface area contributed by atoms with E-state index in [-0.39, 0.29) is 18.0 Å². The monoisotopic (exact) mass is 434 g/mol. The van der Waals surface area contributed by atoms with Gasteiger partial charge in [-0.05, 0) is 88.8 Å². The maximum absolute atomic E-state index is 11.7. The first-order valence-electron chi connectivity index (χ1n) is 11.1. The minimum Gasteiger partial charge on any atom is -0.471 e. The van der Waals surface area contributed by atoms with Crippen molar-refractivity contribution in [2.45, 2.75) is 45.8 Å². The molecule has 1 fully saturated rings. The van der Waals surface area contributed by atoms with Gasteiger partial charge in [-0.15, -0.1) is 0 Å². The van der Waals surface area contributed by atoms with Crippen LogP contribution in [0.3, 0.4) is 0 Å². The van der Waals surface area contributed by atoms with Gasteiger partial charge in [0.05, 0.1) is 11.0 Å². The van der Waals surface area contributed by atoms with Gasteiger partial charge < -0.3 is 14.5 Å². The van der Waals surface area contributed by atoms with Crippen molar-refractivity contribution in [1.29, 1.82) is 0 Å². The molecule has 1 atom stereocenters. The molecule has 7 heteroatoms. The van der Waals surface area contributed by atoms with E-state index in [2.05, 4.69) is 22.1 Å². The number of oxime groups is 1. The van der Waals surface area contributed by atoms with Crippen molar-refractivity contribution in [1.82, 2.24) is 14.5 Å². The van der Waals surface area contributed by atoms with Gasteiger partial charge in [-0.1, -0.05) is 6.07 Å². The Balaban J connectivity index is 1.66. The molecule has 1 aliphatic heterocycles. The minimum atomic E-state index is -0.0427. The van der Waals surface area contributed by atoms with Crippen LogP contribution in [0.5, 0.6) is 0 Å². The standard InChI is InChI=1S/C25H30N4O3/c1-17(2)32-27-25(31-22-9-6-12-28(4)15-22)20-7-5-8-21(13-20)29-16-26-23-14-19(18(3)30)10-11-24(23)29/h5,7-8,10-11,13-14,16-17,22H,6,9,12,15H2,1-4H3. The Morgan fingerprint density at radius 1 is 1.19 bits per heavy atom. The van der Waals surface area contributed by atoms with Crippen molar-refractivity contribution in [3.8, 4) is 5.69 Å². The van der Waals surface area contributed by atoms with Gasteiger partial charge in [0.1, 0.15) is 18.5 Å². The maximum Gasteiger partial charge on any atom is 0.258 e. The molecule has 0 radical (unpaired) electrons. The number of hydrogen-bond acceptors (Lipinski definition) is 6. The SMILES string of the molecule is CC(=O)c1ccc2c(c1)ncn2-c1cccc(C(=NOC(C)C)OC2CCCN(C)C2)c1. The summed E-state index contributed by atoms with van der Waals surface area (Å²) in [6.07, 6.45) is 3.90. The van der Waals surface area contributed by atoms with Gasteiger partial charge in [-0.3, -0.25) is 9.36 Å². The predicted octanol–water partition coefficient (Wildman–Crippen LogP) is 4.43. The number of likely N-dealkylation sites (N-methyl/N-ethyl adjacent to an activating group) is 1. The Kier molecular flexibility index (Phi) is 6.55. The van der Waals surface area contributed by atoms with Crippen LogP contribution in [0.25, 0.3) is 16.7 Å². The summed E-state index contributed by atoms with van der Waals surface area (Å²) < 4.78 is 8.32. The molecule has 0 saturated carbocycles. The fraction of sp³-hybridized carbons (Fsp3) is 0.400. The second kappa shape index (κ2) is 9.53. The third-order valence-corrected chi connectivity index (χ3v) is 5.53. The molecule has 168 valence electrons. The van der Waals surface area contributed by atoms with Crippen molar-refractivity contribution in [3.63, 3.8) is 0 Å². The lowest BCUT2D eigenvalue weighted by Gasteiger charge is -2.30. The quantitative estimate of drug-likeness (QED) is 0.249. The van der Waals surface area contributed by atoms with E-state index in [0.29, 0.717) is 11.5 Å². The number of Topliss-reactive ketones (excluding diaryl/α,β-unsaturated/α-hetero) is 1. The van der Waals surface area contributed by atoms with Crippen LogP contribution in [-0.4, -0.2) is 58.5 Å². The summed E-state index contributed by atoms with van der Waals surface area (Å²) in [5, 5.41) is 4.34. The van der Waals surface area contributed by atoms with Crippen LogP contribution in [0.2, 0.25) is 0 Å². The number of fused-ring (bicyclic) bond motifs is 1. The lowest BCUT2D eigenvalue weighted by atomic mass is 10.1. The molecule has 1 aliphatic rings. The van der Waals surface area contributed by atoms with Gasteiger partial charge >= 0.3 is 0 Å². The number of hydrogen-bond donors (Lipinski definition) is 0. The average Bonchev–Trinajstić information content (AvgIpc) is 3.20. The van der Waals surface area contributed by atoms with Gasteiger partial charge in [0.15, 0.2) is 5.78 Å². The van der Waals surface area contributed by atoms with Crippen LogP contribution >= 0.6 is 0 Å². The van der Waals surface area contributed by atoms with Gasteiger partial charge in [0, 0.05) is 23.4 Å². The number of imidazole rings is 1. The summed E-state index contributed by atoms with van der Waals surface area (Å²) in [6, 6.07) is 13.6. The van der Waals surface area contributed by atoms with Crippen LogP contribution in [0.15, 0.2) is 53.9 Å². The molecule has 1 unspecified atom stereocenters. The summed E-state index contributed by atoms with van der Waals surface area (Å²) in [4.78, 5) is 24.0. The first kappa shape index (κ1) is 22.0. The Morgan fingerprint density at radius 3 is 2.78 bits per heavy atom. The fourth-order valence-electron chi connectivity index (χ4n) is 3.89. The number of ether oxygens (including phenoxy) is 1. The molecule has 4 rings (SSSR count). The highest BCUT2D eigenvalue weighted by Gasteiger charge is 2.22. The molecule has 2 aromatic carbocycles. The van der Waals surface area contributed by atoms with Crippen molar-refractivity contribution in [2.75, 3.05) is 20.1 Å². The van der Waals surface area contributed by atoms with Crippen molar-refractivity contribution < 1.29 is 14.4 Å². The number of nitrogens with zero attached hydrogens (tertiary/aromatic N) is 4. The summed E-state index contributed by atoms with van der Waals surface area (Å²) in [5.74, 6) is 0.518. The van der Waals surface area contributed by atoms with Gasteiger partial charge in [-0.25, -0.2) is 4.98 Å². The second-order valence-electron chi connectivity index (χ2n) is 8.62. The van der Waals surface area contributed by atoms with Crippen molar-refractivity contribution in [3.05, 3.63) is 59.9 Å². The highest BCUT2D eigenvalue weighted by Crippen LogP contribution is 2.22. The smallest absolute Gasteiger partial charge is 0.258 e. The van der Waals surface area contributed by atoms with Crippen LogP contribution in [0.1, 0.15) is 49.5 Å². The van der Waals surface area contributed by atoms with Crippen molar-refractivity contribution >= 4 is 22.7 Å². The molecule has 1 aromatic heterocycles. The predicted molar refractivity (Wildman–Crippen MR) is 125 cm³/mol. The van der Waals surface area contributed by atoms with E-state index >= 15 is 0 Å². The van der Waals surface area contributed by atoms with E-state index in [1.165, 1.54) is 0 Å². The lowest BCUT2D eigenvalue weighted by Crippen LogP contribution is -2.38. The molecule has 2 heterocycles. The Bertz CT molecular complexity index is 1140. The van der Waals surface area contributed by atoms with E-state index < -0.39 is 0 Å². The summed E-state index contributed by atoms with van der Waals surface area (Å²) in [5.41, 5.74) is 4.14. The molecule has 32 heavy (non-hydrogen) atoms. The highest BCUT2D eigenvalue weighted by atomic mass is 16.7. The lowest BCUT2D eigenvalue weighted by molar-refractivity contribution is 0.0587. The van der Waals surface area contributed by atoms with Crippen LogP contribution < -0.4 is 0 Å². The van der Waals surface area contributed by atoms with Gasteiger partial charge in [0.2, 0.25) is 0 Å². The van der Waals surface area contributed by atoms with Crippen molar-refractivity contribution in [2.24, 2.45) is 5.16 Å². The average molecular weight is 435 g/mol. The Labute approximate surface area is 188 Å². The molecule has 3 aromatic rings. The normalized spacial score (nSPS) is 17.7. The molecular formula is C25H30N4O3. The first-order valence-corrected chi connectivity index (χ1v) is 11.1. The number of aromatic nitrogens is 2. The third kappa shape index (κ3) is 4.99. The summed E-state index contributed by atoms with van der Waals surface area (Å²) in [7, 11) is 2.11. The Hall–Kier alpha value is -3.19. The van der Waals surface area contributed by atoms with Gasteiger partial charge in [0.25, 0.3) is 5.90 Å². The first-order chi connectivity index (χ1) is 15.4. The van der Waals surface area contributed by atoms with Crippen LogP contribution in [-0.2, 0) is 9.57 Å². The van der Waals surface area contributed by atoms with E-state index in [4.69, 9.17) is 9.57 Å². The van der Waals surface area contributed by atoms with E-state index in [1.54, 1.807) is 13.3 Å². The largest absolute Gasteiger partial charge is 0.471 e. The van der Waals surface area contributed by atoms with E-state index in [0.717, 1.165) is 48.2 Å². The molecular weight excluding hydrogens is 404 g/mol. The number of carbonyl (C=O) groups is 1. The summed E-state index contributed by atoms with van der Waals surface area (Å²) >= 11 is 0. The number of piperidine rings is 1. The highest BCUT2D eigenvalue weighted by molar-refractivity contribution is 5.97. The molecule has 0 bridgehead atoms. The molecule has 0 amide bonds. The molecule has 0 aliphatic carbocycles. The number of benzene rings is 2. The number of likely N-dealkylation sites (tertiary alicyclic amines) is 1. The number of rotatable bonds is 6. The summed E-state index contributed by atoms with van der Waals surface area (Å²) in [6.45, 7) is 7.40. The molecule has 7 nitrogen and oxygen atoms in total.